The minimum absolute atomic E-state index is 0.544. The van der Waals surface area contributed by atoms with Crippen LogP contribution in [0.5, 0.6) is 0 Å². The fourth-order valence-corrected chi connectivity index (χ4v) is 7.20. The summed E-state index contributed by atoms with van der Waals surface area (Å²) in [7, 11) is -2.77. The predicted octanol–water partition coefficient (Wildman–Crippen LogP) is 6.23. The van der Waals surface area contributed by atoms with E-state index in [0.717, 1.165) is 23.4 Å². The summed E-state index contributed by atoms with van der Waals surface area (Å²) >= 11 is 0. The third kappa shape index (κ3) is 9.58. The van der Waals surface area contributed by atoms with E-state index in [4.69, 9.17) is 13.6 Å². The van der Waals surface area contributed by atoms with Gasteiger partial charge in [-0.3, -0.25) is 0 Å². The zero-order chi connectivity index (χ0) is 22.7. The van der Waals surface area contributed by atoms with Crippen LogP contribution in [-0.4, -0.2) is 35.0 Å². The Morgan fingerprint density at radius 1 is 0.531 bits per heavy atom. The van der Waals surface area contributed by atoms with Crippen LogP contribution in [0, 0.1) is 0 Å². The van der Waals surface area contributed by atoms with Crippen LogP contribution in [0.4, 0.5) is 0 Å². The molecule has 0 aliphatic heterocycles. The fraction of sp³-hybridized carbons (Fsp3) is 0.571. The molecule has 0 heterocycles. The lowest BCUT2D eigenvalue weighted by atomic mass is 10.1. The molecule has 0 N–H and O–H groups in total. The Morgan fingerprint density at radius 3 is 1.50 bits per heavy atom. The van der Waals surface area contributed by atoms with Gasteiger partial charge < -0.3 is 13.6 Å². The Hall–Kier alpha value is -1.46. The molecule has 32 heavy (non-hydrogen) atoms. The number of ether oxygens (including phenoxy) is 1. The Balaban J connectivity index is 1.91. The number of hydrogen-bond acceptors (Lipinski definition) is 3. The van der Waals surface area contributed by atoms with Gasteiger partial charge in [-0.15, -0.1) is 0 Å². The summed E-state index contributed by atoms with van der Waals surface area (Å²) in [4.78, 5) is 0. The van der Waals surface area contributed by atoms with E-state index < -0.39 is 8.56 Å². The van der Waals surface area contributed by atoms with Gasteiger partial charge in [0.25, 0.3) is 0 Å². The molecule has 4 heteroatoms. The molecule has 2 rings (SSSR count). The standard InChI is InChI=1S/C28H44O3Si/c1-3-5-6-7-8-9-10-11-12-19-24-30-32(31-26-25-29-4-2,27-20-15-13-16-21-27)28-22-17-14-18-23-28/h13-18,20-23H,3-12,19,24-26H2,1-2H3. The van der Waals surface area contributed by atoms with Crippen LogP contribution >= 0.6 is 0 Å². The summed E-state index contributed by atoms with van der Waals surface area (Å²) in [6.07, 6.45) is 13.2. The molecule has 0 aliphatic carbocycles. The third-order valence-electron chi connectivity index (χ3n) is 5.85. The monoisotopic (exact) mass is 456 g/mol. The molecule has 0 spiro atoms. The average Bonchev–Trinajstić information content (AvgIpc) is 2.85. The molecule has 0 aliphatic rings. The van der Waals surface area contributed by atoms with E-state index in [2.05, 4.69) is 67.6 Å². The lowest BCUT2D eigenvalue weighted by molar-refractivity contribution is 0.0918. The molecular weight excluding hydrogens is 412 g/mol. The van der Waals surface area contributed by atoms with Crippen molar-refractivity contribution in [1.82, 2.24) is 0 Å². The first-order valence-electron chi connectivity index (χ1n) is 12.8. The van der Waals surface area contributed by atoms with Crippen molar-refractivity contribution in [2.75, 3.05) is 26.4 Å². The molecule has 2 aromatic carbocycles. The molecule has 3 nitrogen and oxygen atoms in total. The van der Waals surface area contributed by atoms with E-state index in [1.54, 1.807) is 0 Å². The maximum absolute atomic E-state index is 6.72. The van der Waals surface area contributed by atoms with E-state index in [-0.39, 0.29) is 0 Å². The average molecular weight is 457 g/mol. The maximum Gasteiger partial charge on any atom is 0.407 e. The van der Waals surface area contributed by atoms with Gasteiger partial charge in [-0.2, -0.15) is 0 Å². The first-order chi connectivity index (χ1) is 15.8. The van der Waals surface area contributed by atoms with Crippen LogP contribution in [0.25, 0.3) is 0 Å². The summed E-state index contributed by atoms with van der Waals surface area (Å²) in [6, 6.07) is 21.0. The Labute approximate surface area is 197 Å². The van der Waals surface area contributed by atoms with Crippen molar-refractivity contribution in [3.05, 3.63) is 60.7 Å². The maximum atomic E-state index is 6.72. The van der Waals surface area contributed by atoms with Gasteiger partial charge in [-0.1, -0.05) is 125 Å². The highest BCUT2D eigenvalue weighted by Crippen LogP contribution is 2.14. The van der Waals surface area contributed by atoms with Gasteiger partial charge in [0.1, 0.15) is 0 Å². The van der Waals surface area contributed by atoms with Gasteiger partial charge in [0.05, 0.1) is 13.2 Å². The van der Waals surface area contributed by atoms with Gasteiger partial charge in [0.15, 0.2) is 0 Å². The van der Waals surface area contributed by atoms with E-state index >= 15 is 0 Å². The number of benzene rings is 2. The fourth-order valence-electron chi connectivity index (χ4n) is 4.05. The van der Waals surface area contributed by atoms with E-state index in [1.807, 2.05) is 6.92 Å². The topological polar surface area (TPSA) is 27.7 Å². The lowest BCUT2D eigenvalue weighted by Crippen LogP contribution is -2.63. The molecule has 0 unspecified atom stereocenters. The second kappa shape index (κ2) is 17.1. The first-order valence-corrected chi connectivity index (χ1v) is 14.6. The Bertz CT molecular complexity index is 638. The molecule has 0 aromatic heterocycles. The molecule has 0 radical (unpaired) electrons. The Morgan fingerprint density at radius 2 is 1.00 bits per heavy atom. The van der Waals surface area contributed by atoms with Crippen LogP contribution in [0.15, 0.2) is 60.7 Å². The van der Waals surface area contributed by atoms with Crippen LogP contribution < -0.4 is 10.4 Å². The summed E-state index contributed by atoms with van der Waals surface area (Å²) < 4.78 is 18.9. The van der Waals surface area contributed by atoms with E-state index in [9.17, 15) is 0 Å². The highest BCUT2D eigenvalue weighted by molar-refractivity contribution is 6.92. The van der Waals surface area contributed by atoms with Gasteiger partial charge in [0.2, 0.25) is 0 Å². The normalized spacial score (nSPS) is 11.7. The highest BCUT2D eigenvalue weighted by atomic mass is 28.4. The van der Waals surface area contributed by atoms with Gasteiger partial charge in [0, 0.05) is 13.2 Å². The van der Waals surface area contributed by atoms with Gasteiger partial charge >= 0.3 is 8.56 Å². The molecule has 0 bridgehead atoms. The van der Waals surface area contributed by atoms with Crippen molar-refractivity contribution >= 4 is 18.9 Å². The molecular formula is C28H44O3Si. The van der Waals surface area contributed by atoms with Crippen molar-refractivity contribution in [2.24, 2.45) is 0 Å². The van der Waals surface area contributed by atoms with Crippen molar-refractivity contribution in [1.29, 1.82) is 0 Å². The molecule has 0 saturated heterocycles. The SMILES string of the molecule is CCCCCCCCCCCCO[Si](OCCOCC)(c1ccccc1)c1ccccc1. The molecule has 0 amide bonds. The predicted molar refractivity (Wildman–Crippen MR) is 138 cm³/mol. The van der Waals surface area contributed by atoms with Crippen molar-refractivity contribution in [3.63, 3.8) is 0 Å². The second-order valence-electron chi connectivity index (χ2n) is 8.42. The highest BCUT2D eigenvalue weighted by Gasteiger charge is 2.42. The van der Waals surface area contributed by atoms with E-state index in [0.29, 0.717) is 19.8 Å². The third-order valence-corrected chi connectivity index (χ3v) is 9.26. The van der Waals surface area contributed by atoms with Crippen LogP contribution in [0.2, 0.25) is 0 Å². The second-order valence-corrected chi connectivity index (χ2v) is 11.4. The summed E-state index contributed by atoms with van der Waals surface area (Å²) in [5.74, 6) is 0. The molecule has 178 valence electrons. The number of hydrogen-bond donors (Lipinski definition) is 0. The first kappa shape index (κ1) is 26.8. The molecule has 0 atom stereocenters. The Kier molecular flexibility index (Phi) is 14.3. The largest absolute Gasteiger partial charge is 0.407 e. The summed E-state index contributed by atoms with van der Waals surface area (Å²) in [6.45, 7) is 6.86. The lowest BCUT2D eigenvalue weighted by Gasteiger charge is -2.31. The minimum atomic E-state index is -2.77. The summed E-state index contributed by atoms with van der Waals surface area (Å²) in [5.41, 5.74) is 0. The molecule has 2 aromatic rings. The van der Waals surface area contributed by atoms with Gasteiger partial charge in [-0.25, -0.2) is 0 Å². The zero-order valence-corrected chi connectivity index (χ0v) is 21.4. The zero-order valence-electron chi connectivity index (χ0n) is 20.4. The quantitative estimate of drug-likeness (QED) is 0.185. The van der Waals surface area contributed by atoms with E-state index in [1.165, 1.54) is 57.8 Å². The van der Waals surface area contributed by atoms with Crippen molar-refractivity contribution in [2.45, 2.75) is 78.1 Å². The number of unbranched alkanes of at least 4 members (excludes halogenated alkanes) is 9. The van der Waals surface area contributed by atoms with Crippen molar-refractivity contribution < 1.29 is 13.6 Å². The van der Waals surface area contributed by atoms with Gasteiger partial charge in [-0.05, 0) is 23.7 Å². The number of rotatable bonds is 19. The summed E-state index contributed by atoms with van der Waals surface area (Å²) in [5, 5.41) is 2.32. The smallest absolute Gasteiger partial charge is 0.388 e. The van der Waals surface area contributed by atoms with Crippen molar-refractivity contribution in [3.8, 4) is 0 Å². The molecule has 0 fully saturated rings. The molecule has 0 saturated carbocycles. The minimum Gasteiger partial charge on any atom is -0.388 e. The van der Waals surface area contributed by atoms with Crippen LogP contribution in [0.3, 0.4) is 0 Å². The van der Waals surface area contributed by atoms with Crippen LogP contribution in [-0.2, 0) is 13.6 Å². The van der Waals surface area contributed by atoms with Crippen LogP contribution in [0.1, 0.15) is 78.1 Å².